The molecule has 1 fully saturated rings. The zero-order valence-corrected chi connectivity index (χ0v) is 15.5. The Morgan fingerprint density at radius 2 is 1.65 bits per heavy atom. The zero-order chi connectivity index (χ0) is 20.1. The van der Waals surface area contributed by atoms with Gasteiger partial charge in [0.25, 0.3) is 20.2 Å². The van der Waals surface area contributed by atoms with Gasteiger partial charge in [-0.05, 0) is 37.3 Å². The molecule has 0 aliphatic heterocycles. The molecule has 1 rings (SSSR count). The average Bonchev–Trinajstić information content (AvgIpc) is 2.51. The van der Waals surface area contributed by atoms with Crippen LogP contribution in [0.15, 0.2) is 25.3 Å². The van der Waals surface area contributed by atoms with Crippen molar-refractivity contribution >= 4 is 32.1 Å². The van der Waals surface area contributed by atoms with E-state index >= 15 is 0 Å². The molecule has 1 aliphatic rings. The second kappa shape index (κ2) is 8.75. The lowest BCUT2D eigenvalue weighted by Gasteiger charge is -2.38. The van der Waals surface area contributed by atoms with E-state index in [4.69, 9.17) is 4.55 Å². The summed E-state index contributed by atoms with van der Waals surface area (Å²) < 4.78 is 64.1. The van der Waals surface area contributed by atoms with E-state index < -0.39 is 61.1 Å². The fourth-order valence-electron chi connectivity index (χ4n) is 3.05. The van der Waals surface area contributed by atoms with Crippen LogP contribution in [0.3, 0.4) is 0 Å². The third kappa shape index (κ3) is 6.86. The molecule has 4 unspecified atom stereocenters. The first-order valence-corrected chi connectivity index (χ1v) is 10.8. The Morgan fingerprint density at radius 1 is 1.08 bits per heavy atom. The number of hydrogen-bond acceptors (Lipinski definition) is 6. The number of rotatable bonds is 8. The molecule has 0 spiro atoms. The van der Waals surface area contributed by atoms with Crippen LogP contribution in [-0.2, 0) is 29.8 Å². The van der Waals surface area contributed by atoms with Gasteiger partial charge in [-0.3, -0.25) is 18.7 Å². The minimum atomic E-state index is -4.46. The smallest absolute Gasteiger partial charge is 0.269 e. The summed E-state index contributed by atoms with van der Waals surface area (Å²) in [6.07, 6.45) is 1.89. The first-order valence-electron chi connectivity index (χ1n) is 7.64. The van der Waals surface area contributed by atoms with E-state index in [0.717, 1.165) is 12.2 Å². The SMILES string of the molecule is C=CC(=O)NC(CS(=O)(=O)O)C1CCC(S(=O)(=O)O)C(NC(=O)C=C)C1. The fraction of sp³-hybridized carbons (Fsp3) is 0.571. The van der Waals surface area contributed by atoms with E-state index in [2.05, 4.69) is 23.8 Å². The van der Waals surface area contributed by atoms with Gasteiger partial charge in [0.05, 0.1) is 5.75 Å². The Balaban J connectivity index is 3.09. The summed E-state index contributed by atoms with van der Waals surface area (Å²) in [4.78, 5) is 23.1. The molecule has 0 heterocycles. The highest BCUT2D eigenvalue weighted by atomic mass is 32.2. The summed E-state index contributed by atoms with van der Waals surface area (Å²) in [7, 11) is -8.89. The van der Waals surface area contributed by atoms with Crippen LogP contribution in [0.25, 0.3) is 0 Å². The molecule has 10 nitrogen and oxygen atoms in total. The summed E-state index contributed by atoms with van der Waals surface area (Å²) in [6.45, 7) is 6.52. The largest absolute Gasteiger partial charge is 0.348 e. The van der Waals surface area contributed by atoms with Gasteiger partial charge < -0.3 is 10.6 Å². The zero-order valence-electron chi connectivity index (χ0n) is 13.9. The summed E-state index contributed by atoms with van der Waals surface area (Å²) in [6, 6.07) is -2.04. The minimum absolute atomic E-state index is 0.0400. The molecule has 4 atom stereocenters. The molecular weight excluding hydrogens is 388 g/mol. The molecule has 2 amide bonds. The van der Waals surface area contributed by atoms with Crippen LogP contribution >= 0.6 is 0 Å². The Hall–Kier alpha value is -1.76. The van der Waals surface area contributed by atoms with Crippen molar-refractivity contribution in [2.24, 2.45) is 5.92 Å². The molecule has 26 heavy (non-hydrogen) atoms. The summed E-state index contributed by atoms with van der Waals surface area (Å²) >= 11 is 0. The highest BCUT2D eigenvalue weighted by Crippen LogP contribution is 2.31. The third-order valence-corrected chi connectivity index (χ3v) is 6.31. The lowest BCUT2D eigenvalue weighted by Crippen LogP contribution is -2.54. The van der Waals surface area contributed by atoms with Gasteiger partial charge in [-0.2, -0.15) is 16.8 Å². The highest BCUT2D eigenvalue weighted by Gasteiger charge is 2.41. The summed E-state index contributed by atoms with van der Waals surface area (Å²) in [5, 5.41) is 3.52. The highest BCUT2D eigenvalue weighted by molar-refractivity contribution is 7.86. The van der Waals surface area contributed by atoms with Crippen molar-refractivity contribution in [3.63, 3.8) is 0 Å². The maximum absolute atomic E-state index is 11.6. The van der Waals surface area contributed by atoms with Crippen molar-refractivity contribution in [3.8, 4) is 0 Å². The van der Waals surface area contributed by atoms with Crippen LogP contribution in [0.5, 0.6) is 0 Å². The van der Waals surface area contributed by atoms with E-state index in [1.807, 2.05) is 0 Å². The van der Waals surface area contributed by atoms with Gasteiger partial charge >= 0.3 is 0 Å². The molecule has 0 aromatic rings. The molecule has 0 aromatic heterocycles. The summed E-state index contributed by atoms with van der Waals surface area (Å²) in [5.41, 5.74) is 0. The Labute approximate surface area is 152 Å². The van der Waals surface area contributed by atoms with Crippen molar-refractivity contribution in [1.29, 1.82) is 0 Å². The van der Waals surface area contributed by atoms with Crippen LogP contribution in [0.1, 0.15) is 19.3 Å². The predicted molar refractivity (Wildman–Crippen MR) is 93.3 cm³/mol. The van der Waals surface area contributed by atoms with E-state index in [-0.39, 0.29) is 19.3 Å². The molecule has 0 aromatic carbocycles. The van der Waals surface area contributed by atoms with Gasteiger partial charge in [-0.25, -0.2) is 0 Å². The van der Waals surface area contributed by atoms with Gasteiger partial charge in [0.1, 0.15) is 5.25 Å². The molecule has 12 heteroatoms. The van der Waals surface area contributed by atoms with Crippen LogP contribution in [0, 0.1) is 5.92 Å². The first kappa shape index (κ1) is 22.3. The van der Waals surface area contributed by atoms with Crippen molar-refractivity contribution in [2.45, 2.75) is 36.6 Å². The van der Waals surface area contributed by atoms with Crippen LogP contribution in [0.4, 0.5) is 0 Å². The number of amides is 2. The van der Waals surface area contributed by atoms with E-state index in [0.29, 0.717) is 0 Å². The standard InChI is InChI=1S/C14H22N2O8S2/c1-3-13(17)15-10-7-9(5-6-12(10)26(22,23)24)11(8-25(19,20)21)16-14(18)4-2/h3-4,9-12H,1-2,5-8H2,(H,15,17)(H,16,18)(H,19,20,21)(H,22,23,24). The molecule has 0 bridgehead atoms. The maximum atomic E-state index is 11.6. The summed E-state index contributed by atoms with van der Waals surface area (Å²) in [5.74, 6) is -2.68. The van der Waals surface area contributed by atoms with Crippen LogP contribution in [0.2, 0.25) is 0 Å². The number of nitrogens with one attached hydrogen (secondary N) is 2. The normalized spacial score (nSPS) is 24.9. The molecule has 1 saturated carbocycles. The Kier molecular flexibility index (Phi) is 7.50. The maximum Gasteiger partial charge on any atom is 0.269 e. The Bertz CT molecular complexity index is 755. The predicted octanol–water partition coefficient (Wildman–Crippen LogP) is -0.728. The van der Waals surface area contributed by atoms with Crippen LogP contribution < -0.4 is 10.6 Å². The molecule has 0 saturated heterocycles. The van der Waals surface area contributed by atoms with Gasteiger partial charge in [-0.15, -0.1) is 0 Å². The molecule has 0 radical (unpaired) electrons. The number of carbonyl (C=O) groups excluding carboxylic acids is 2. The van der Waals surface area contributed by atoms with Gasteiger partial charge in [0, 0.05) is 12.1 Å². The molecule has 148 valence electrons. The molecule has 4 N–H and O–H groups in total. The van der Waals surface area contributed by atoms with E-state index in [9.17, 15) is 31.0 Å². The van der Waals surface area contributed by atoms with Gasteiger partial charge in [0.15, 0.2) is 0 Å². The van der Waals surface area contributed by atoms with Crippen molar-refractivity contribution < 1.29 is 35.5 Å². The number of carbonyl (C=O) groups is 2. The third-order valence-electron chi connectivity index (χ3n) is 4.20. The fourth-order valence-corrected chi connectivity index (χ4v) is 4.89. The van der Waals surface area contributed by atoms with E-state index in [1.54, 1.807) is 0 Å². The first-order chi connectivity index (χ1) is 11.9. The second-order valence-electron chi connectivity index (χ2n) is 6.01. The van der Waals surface area contributed by atoms with Crippen molar-refractivity contribution in [3.05, 3.63) is 25.3 Å². The number of hydrogen-bond donors (Lipinski definition) is 4. The average molecular weight is 410 g/mol. The van der Waals surface area contributed by atoms with Gasteiger partial charge in [0.2, 0.25) is 11.8 Å². The van der Waals surface area contributed by atoms with E-state index in [1.165, 1.54) is 0 Å². The molecular formula is C14H22N2O8S2. The quantitative estimate of drug-likeness (QED) is 0.300. The van der Waals surface area contributed by atoms with Crippen LogP contribution in [-0.4, -0.2) is 60.8 Å². The topological polar surface area (TPSA) is 167 Å². The van der Waals surface area contributed by atoms with Crippen molar-refractivity contribution in [1.82, 2.24) is 10.6 Å². The lowest BCUT2D eigenvalue weighted by atomic mass is 9.81. The monoisotopic (exact) mass is 410 g/mol. The minimum Gasteiger partial charge on any atom is -0.348 e. The lowest BCUT2D eigenvalue weighted by molar-refractivity contribution is -0.118. The second-order valence-corrected chi connectivity index (χ2v) is 9.15. The Morgan fingerprint density at radius 3 is 2.12 bits per heavy atom. The van der Waals surface area contributed by atoms with Gasteiger partial charge in [-0.1, -0.05) is 13.2 Å². The molecule has 1 aliphatic carbocycles. The van der Waals surface area contributed by atoms with Crippen molar-refractivity contribution in [2.75, 3.05) is 5.75 Å².